The Kier molecular flexibility index (Phi) is 5.18. The lowest BCUT2D eigenvalue weighted by molar-refractivity contribution is -0.121. The Morgan fingerprint density at radius 2 is 1.92 bits per heavy atom. The minimum Gasteiger partial charge on any atom is -0.493 e. The third kappa shape index (κ3) is 3.67. The summed E-state index contributed by atoms with van der Waals surface area (Å²) in [5.41, 5.74) is 1.70. The molecule has 0 atom stereocenters. The summed E-state index contributed by atoms with van der Waals surface area (Å²) in [6.45, 7) is 0.135. The lowest BCUT2D eigenvalue weighted by atomic mass is 10.2. The standard InChI is InChI=1S/C18H17ClN2O5/c1-24-14-6-3-11(7-16(14)25-2)9-20-17(22)10-21-13-5-4-12(19)8-15(13)26-18(21)23/h3-8H,9-10H2,1-2H3,(H,20,22). The second kappa shape index (κ2) is 7.53. The molecule has 0 radical (unpaired) electrons. The number of amides is 1. The maximum Gasteiger partial charge on any atom is 0.420 e. The van der Waals surface area contributed by atoms with Gasteiger partial charge in [0.25, 0.3) is 0 Å². The predicted molar refractivity (Wildman–Crippen MR) is 96.9 cm³/mol. The summed E-state index contributed by atoms with van der Waals surface area (Å²) in [6.07, 6.45) is 0. The molecule has 0 saturated carbocycles. The van der Waals surface area contributed by atoms with E-state index in [9.17, 15) is 9.59 Å². The van der Waals surface area contributed by atoms with E-state index in [2.05, 4.69) is 5.32 Å². The number of benzene rings is 2. The Hall–Kier alpha value is -2.93. The number of aromatic nitrogens is 1. The molecule has 1 amide bonds. The average Bonchev–Trinajstić information content (AvgIpc) is 2.94. The van der Waals surface area contributed by atoms with E-state index in [-0.39, 0.29) is 19.0 Å². The molecule has 0 spiro atoms. The van der Waals surface area contributed by atoms with Crippen molar-refractivity contribution in [2.75, 3.05) is 14.2 Å². The molecule has 0 aliphatic rings. The number of ether oxygens (including phenoxy) is 2. The van der Waals surface area contributed by atoms with Crippen LogP contribution in [0.5, 0.6) is 11.5 Å². The first-order chi connectivity index (χ1) is 12.5. The smallest absolute Gasteiger partial charge is 0.420 e. The molecule has 1 N–H and O–H groups in total. The van der Waals surface area contributed by atoms with E-state index < -0.39 is 5.76 Å². The largest absolute Gasteiger partial charge is 0.493 e. The van der Waals surface area contributed by atoms with E-state index in [0.29, 0.717) is 27.6 Å². The van der Waals surface area contributed by atoms with Gasteiger partial charge in [0.2, 0.25) is 5.91 Å². The minimum atomic E-state index is -0.608. The zero-order chi connectivity index (χ0) is 18.7. The second-order valence-corrected chi connectivity index (χ2v) is 5.97. The molecule has 3 aromatic rings. The van der Waals surface area contributed by atoms with E-state index in [1.165, 1.54) is 10.6 Å². The maximum absolute atomic E-state index is 12.2. The van der Waals surface area contributed by atoms with E-state index in [4.69, 9.17) is 25.5 Å². The summed E-state index contributed by atoms with van der Waals surface area (Å²) < 4.78 is 16.8. The molecule has 0 saturated heterocycles. The van der Waals surface area contributed by atoms with Crippen LogP contribution in [0.15, 0.2) is 45.6 Å². The highest BCUT2D eigenvalue weighted by Crippen LogP contribution is 2.27. The van der Waals surface area contributed by atoms with Crippen LogP contribution in [0.25, 0.3) is 11.1 Å². The quantitative estimate of drug-likeness (QED) is 0.715. The summed E-state index contributed by atoms with van der Waals surface area (Å²) in [5.74, 6) is 0.258. The molecule has 0 aliphatic carbocycles. The summed E-state index contributed by atoms with van der Waals surface area (Å²) in [5, 5.41) is 3.22. The summed E-state index contributed by atoms with van der Waals surface area (Å²) in [4.78, 5) is 24.2. The number of nitrogens with one attached hydrogen (secondary N) is 1. The Labute approximate surface area is 154 Å². The third-order valence-electron chi connectivity index (χ3n) is 3.87. The normalized spacial score (nSPS) is 10.7. The van der Waals surface area contributed by atoms with Crippen LogP contribution in [0.4, 0.5) is 0 Å². The van der Waals surface area contributed by atoms with Crippen LogP contribution in [0.3, 0.4) is 0 Å². The van der Waals surface area contributed by atoms with Crippen LogP contribution in [0, 0.1) is 0 Å². The Bertz CT molecular complexity index is 1010. The van der Waals surface area contributed by atoms with Crippen LogP contribution < -0.4 is 20.5 Å². The second-order valence-electron chi connectivity index (χ2n) is 5.53. The fourth-order valence-corrected chi connectivity index (χ4v) is 2.74. The number of carbonyl (C=O) groups excluding carboxylic acids is 1. The highest BCUT2D eigenvalue weighted by molar-refractivity contribution is 6.31. The summed E-state index contributed by atoms with van der Waals surface area (Å²) >= 11 is 5.88. The van der Waals surface area contributed by atoms with Crippen molar-refractivity contribution in [3.8, 4) is 11.5 Å². The van der Waals surface area contributed by atoms with Gasteiger partial charge in [-0.2, -0.15) is 0 Å². The number of hydrogen-bond donors (Lipinski definition) is 1. The van der Waals surface area contributed by atoms with Crippen LogP contribution in [0.1, 0.15) is 5.56 Å². The first-order valence-corrected chi connectivity index (χ1v) is 8.16. The van der Waals surface area contributed by atoms with Gasteiger partial charge in [0, 0.05) is 17.6 Å². The molecule has 136 valence electrons. The van der Waals surface area contributed by atoms with Crippen molar-refractivity contribution in [2.24, 2.45) is 0 Å². The van der Waals surface area contributed by atoms with Crippen molar-refractivity contribution < 1.29 is 18.7 Å². The van der Waals surface area contributed by atoms with Crippen LogP contribution >= 0.6 is 11.6 Å². The zero-order valence-corrected chi connectivity index (χ0v) is 15.0. The average molecular weight is 377 g/mol. The molecular formula is C18H17ClN2O5. The van der Waals surface area contributed by atoms with Gasteiger partial charge in [0.15, 0.2) is 17.1 Å². The maximum atomic E-state index is 12.2. The van der Waals surface area contributed by atoms with Gasteiger partial charge in [0.1, 0.15) is 6.54 Å². The molecule has 0 bridgehead atoms. The summed E-state index contributed by atoms with van der Waals surface area (Å²) in [6, 6.07) is 10.2. The first-order valence-electron chi connectivity index (χ1n) is 7.78. The van der Waals surface area contributed by atoms with Crippen molar-refractivity contribution in [3.63, 3.8) is 0 Å². The number of fused-ring (bicyclic) bond motifs is 1. The number of hydrogen-bond acceptors (Lipinski definition) is 5. The Morgan fingerprint density at radius 1 is 1.15 bits per heavy atom. The fourth-order valence-electron chi connectivity index (χ4n) is 2.58. The Balaban J connectivity index is 1.70. The van der Waals surface area contributed by atoms with Gasteiger partial charge in [-0.25, -0.2) is 4.79 Å². The van der Waals surface area contributed by atoms with Gasteiger partial charge in [-0.3, -0.25) is 9.36 Å². The molecular weight excluding hydrogens is 360 g/mol. The molecule has 1 aromatic heterocycles. The van der Waals surface area contributed by atoms with Crippen molar-refractivity contribution in [2.45, 2.75) is 13.1 Å². The van der Waals surface area contributed by atoms with Crippen molar-refractivity contribution in [1.29, 1.82) is 0 Å². The van der Waals surface area contributed by atoms with Crippen molar-refractivity contribution in [3.05, 3.63) is 57.5 Å². The molecule has 26 heavy (non-hydrogen) atoms. The van der Waals surface area contributed by atoms with Crippen LogP contribution in [-0.2, 0) is 17.9 Å². The highest BCUT2D eigenvalue weighted by Gasteiger charge is 2.13. The van der Waals surface area contributed by atoms with Gasteiger partial charge >= 0.3 is 5.76 Å². The number of oxazole rings is 1. The predicted octanol–water partition coefficient (Wildman–Crippen LogP) is 2.58. The molecule has 7 nitrogen and oxygen atoms in total. The number of rotatable bonds is 6. The zero-order valence-electron chi connectivity index (χ0n) is 14.2. The molecule has 2 aromatic carbocycles. The lowest BCUT2D eigenvalue weighted by Gasteiger charge is -2.10. The lowest BCUT2D eigenvalue weighted by Crippen LogP contribution is -2.30. The third-order valence-corrected chi connectivity index (χ3v) is 4.10. The Morgan fingerprint density at radius 3 is 2.65 bits per heavy atom. The molecule has 0 aliphatic heterocycles. The fraction of sp³-hybridized carbons (Fsp3) is 0.222. The number of carbonyl (C=O) groups is 1. The van der Waals surface area contributed by atoms with Gasteiger partial charge in [-0.05, 0) is 29.8 Å². The molecule has 8 heteroatoms. The molecule has 0 fully saturated rings. The molecule has 0 unspecified atom stereocenters. The topological polar surface area (TPSA) is 82.7 Å². The van der Waals surface area contributed by atoms with E-state index in [0.717, 1.165) is 5.56 Å². The van der Waals surface area contributed by atoms with Crippen molar-refractivity contribution in [1.82, 2.24) is 9.88 Å². The van der Waals surface area contributed by atoms with Crippen LogP contribution in [-0.4, -0.2) is 24.7 Å². The minimum absolute atomic E-state index is 0.152. The highest BCUT2D eigenvalue weighted by atomic mass is 35.5. The monoisotopic (exact) mass is 376 g/mol. The molecule has 1 heterocycles. The number of halogens is 1. The van der Waals surface area contributed by atoms with Crippen molar-refractivity contribution >= 4 is 28.6 Å². The van der Waals surface area contributed by atoms with E-state index in [1.807, 2.05) is 6.07 Å². The number of nitrogens with zero attached hydrogens (tertiary/aromatic N) is 1. The first kappa shape index (κ1) is 17.9. The van der Waals surface area contributed by atoms with E-state index >= 15 is 0 Å². The van der Waals surface area contributed by atoms with Gasteiger partial charge in [0.05, 0.1) is 19.7 Å². The summed E-state index contributed by atoms with van der Waals surface area (Å²) in [7, 11) is 3.10. The van der Waals surface area contributed by atoms with Gasteiger partial charge in [-0.1, -0.05) is 17.7 Å². The van der Waals surface area contributed by atoms with Gasteiger partial charge in [-0.15, -0.1) is 0 Å². The number of methoxy groups -OCH3 is 2. The van der Waals surface area contributed by atoms with Gasteiger partial charge < -0.3 is 19.2 Å². The van der Waals surface area contributed by atoms with E-state index in [1.54, 1.807) is 38.5 Å². The van der Waals surface area contributed by atoms with Crippen LogP contribution in [0.2, 0.25) is 5.02 Å². The SMILES string of the molecule is COc1ccc(CNC(=O)Cn2c(=O)oc3cc(Cl)ccc32)cc1OC. The molecule has 3 rings (SSSR count).